The molecule has 2 aliphatic rings. The van der Waals surface area contributed by atoms with E-state index >= 15 is 0 Å². The van der Waals surface area contributed by atoms with E-state index in [9.17, 15) is 4.39 Å². The average molecular weight is 298 g/mol. The maximum atomic E-state index is 13.4. The molecular formula is C16H21ClFNO. The predicted octanol–water partition coefficient (Wildman–Crippen LogP) is 4.63. The van der Waals surface area contributed by atoms with Crippen molar-refractivity contribution in [1.29, 1.82) is 0 Å². The van der Waals surface area contributed by atoms with Crippen molar-refractivity contribution in [3.05, 3.63) is 29.0 Å². The fourth-order valence-corrected chi connectivity index (χ4v) is 4.15. The van der Waals surface area contributed by atoms with Crippen molar-refractivity contribution in [1.82, 2.24) is 0 Å². The second kappa shape index (κ2) is 5.53. The molecule has 2 saturated carbocycles. The average Bonchev–Trinajstić information content (AvgIpc) is 2.88. The first kappa shape index (κ1) is 14.2. The van der Waals surface area contributed by atoms with Gasteiger partial charge in [0, 0.05) is 28.8 Å². The maximum Gasteiger partial charge on any atom is 0.126 e. The van der Waals surface area contributed by atoms with Crippen LogP contribution >= 0.6 is 11.6 Å². The SMILES string of the molecule is CCOC1CC(Nc2cc(F)cc(Cl)c2)C12CCCC2. The molecule has 110 valence electrons. The van der Waals surface area contributed by atoms with Crippen molar-refractivity contribution in [3.8, 4) is 0 Å². The number of hydrogen-bond acceptors (Lipinski definition) is 2. The van der Waals surface area contributed by atoms with Crippen LogP contribution < -0.4 is 5.32 Å². The molecule has 2 unspecified atom stereocenters. The fourth-order valence-electron chi connectivity index (χ4n) is 3.93. The number of hydrogen-bond donors (Lipinski definition) is 1. The van der Waals surface area contributed by atoms with Crippen LogP contribution in [0.15, 0.2) is 18.2 Å². The molecule has 2 atom stereocenters. The Morgan fingerprint density at radius 2 is 2.10 bits per heavy atom. The monoisotopic (exact) mass is 297 g/mol. The van der Waals surface area contributed by atoms with E-state index in [2.05, 4.69) is 12.2 Å². The van der Waals surface area contributed by atoms with Gasteiger partial charge in [0.05, 0.1) is 6.10 Å². The van der Waals surface area contributed by atoms with Gasteiger partial charge in [0.1, 0.15) is 5.82 Å². The number of rotatable bonds is 4. The van der Waals surface area contributed by atoms with E-state index in [0.717, 1.165) is 18.7 Å². The summed E-state index contributed by atoms with van der Waals surface area (Å²) in [6.07, 6.45) is 6.31. The Labute approximate surface area is 124 Å². The fraction of sp³-hybridized carbons (Fsp3) is 0.625. The van der Waals surface area contributed by atoms with Crippen molar-refractivity contribution in [2.24, 2.45) is 5.41 Å². The topological polar surface area (TPSA) is 21.3 Å². The lowest BCUT2D eigenvalue weighted by atomic mass is 9.60. The quantitative estimate of drug-likeness (QED) is 0.875. The van der Waals surface area contributed by atoms with E-state index < -0.39 is 0 Å². The van der Waals surface area contributed by atoms with Crippen LogP contribution in [0.3, 0.4) is 0 Å². The molecule has 0 saturated heterocycles. The second-order valence-corrected chi connectivity index (χ2v) is 6.41. The molecule has 1 spiro atoms. The number of halogens is 2. The van der Waals surface area contributed by atoms with Gasteiger partial charge in [-0.2, -0.15) is 0 Å². The van der Waals surface area contributed by atoms with Crippen LogP contribution in [0.1, 0.15) is 39.0 Å². The molecule has 1 N–H and O–H groups in total. The van der Waals surface area contributed by atoms with Gasteiger partial charge in [-0.05, 0) is 44.4 Å². The Balaban J connectivity index is 1.74. The summed E-state index contributed by atoms with van der Waals surface area (Å²) in [4.78, 5) is 0. The third-order valence-corrected chi connectivity index (χ3v) is 5.11. The summed E-state index contributed by atoms with van der Waals surface area (Å²) in [5.41, 5.74) is 1.02. The highest BCUT2D eigenvalue weighted by molar-refractivity contribution is 6.30. The summed E-state index contributed by atoms with van der Waals surface area (Å²) in [5, 5.41) is 3.92. The van der Waals surface area contributed by atoms with Crippen LogP contribution in [0.4, 0.5) is 10.1 Å². The van der Waals surface area contributed by atoms with Crippen molar-refractivity contribution >= 4 is 17.3 Å². The molecule has 0 radical (unpaired) electrons. The zero-order valence-electron chi connectivity index (χ0n) is 11.8. The van der Waals surface area contributed by atoms with Gasteiger partial charge >= 0.3 is 0 Å². The molecule has 3 rings (SSSR count). The Kier molecular flexibility index (Phi) is 3.91. The van der Waals surface area contributed by atoms with Gasteiger partial charge in [0.25, 0.3) is 0 Å². The Morgan fingerprint density at radius 3 is 2.75 bits per heavy atom. The third-order valence-electron chi connectivity index (χ3n) is 4.89. The van der Waals surface area contributed by atoms with Crippen molar-refractivity contribution in [2.75, 3.05) is 11.9 Å². The third kappa shape index (κ3) is 2.42. The Bertz CT molecular complexity index is 467. The van der Waals surface area contributed by atoms with Crippen LogP contribution in [-0.2, 0) is 4.74 Å². The standard InChI is InChI=1S/C16H21ClFNO/c1-2-20-15-10-14(16(15)5-3-4-6-16)19-13-8-11(17)7-12(18)9-13/h7-9,14-15,19H,2-6,10H2,1H3. The highest BCUT2D eigenvalue weighted by atomic mass is 35.5. The molecule has 2 fully saturated rings. The first-order valence-electron chi connectivity index (χ1n) is 7.48. The van der Waals surface area contributed by atoms with Gasteiger partial charge < -0.3 is 10.1 Å². The maximum absolute atomic E-state index is 13.4. The molecule has 1 aromatic rings. The summed E-state index contributed by atoms with van der Waals surface area (Å²) in [6, 6.07) is 5.02. The molecule has 0 aromatic heterocycles. The molecule has 20 heavy (non-hydrogen) atoms. The number of nitrogens with one attached hydrogen (secondary N) is 1. The minimum atomic E-state index is -0.291. The van der Waals surface area contributed by atoms with Crippen LogP contribution in [0, 0.1) is 11.2 Å². The minimum absolute atomic E-state index is 0.245. The van der Waals surface area contributed by atoms with Gasteiger partial charge in [-0.15, -0.1) is 0 Å². The van der Waals surface area contributed by atoms with Crippen LogP contribution in [0.5, 0.6) is 0 Å². The van der Waals surface area contributed by atoms with Gasteiger partial charge in [-0.1, -0.05) is 24.4 Å². The predicted molar refractivity (Wildman–Crippen MR) is 79.8 cm³/mol. The highest BCUT2D eigenvalue weighted by Crippen LogP contribution is 2.55. The highest BCUT2D eigenvalue weighted by Gasteiger charge is 2.56. The van der Waals surface area contributed by atoms with Crippen LogP contribution in [-0.4, -0.2) is 18.8 Å². The summed E-state index contributed by atoms with van der Waals surface area (Å²) in [6.45, 7) is 2.82. The molecule has 0 amide bonds. The summed E-state index contributed by atoms with van der Waals surface area (Å²) in [5.74, 6) is -0.291. The number of benzene rings is 1. The van der Waals surface area contributed by atoms with Gasteiger partial charge in [-0.25, -0.2) is 4.39 Å². The summed E-state index contributed by atoms with van der Waals surface area (Å²) in [7, 11) is 0. The van der Waals surface area contributed by atoms with Crippen molar-refractivity contribution in [2.45, 2.75) is 51.2 Å². The van der Waals surface area contributed by atoms with Gasteiger partial charge in [0.2, 0.25) is 0 Å². The zero-order chi connectivity index (χ0) is 14.2. The molecule has 1 aromatic carbocycles. The first-order valence-corrected chi connectivity index (χ1v) is 7.86. The van der Waals surface area contributed by atoms with E-state index in [0.29, 0.717) is 17.2 Å². The summed E-state index contributed by atoms with van der Waals surface area (Å²) >= 11 is 5.92. The molecule has 0 aliphatic heterocycles. The van der Waals surface area contributed by atoms with Crippen molar-refractivity contribution < 1.29 is 9.13 Å². The van der Waals surface area contributed by atoms with E-state index in [1.54, 1.807) is 6.07 Å². The molecule has 2 aliphatic carbocycles. The van der Waals surface area contributed by atoms with E-state index in [1.165, 1.54) is 37.8 Å². The van der Waals surface area contributed by atoms with Crippen LogP contribution in [0.25, 0.3) is 0 Å². The normalized spacial score (nSPS) is 27.6. The van der Waals surface area contributed by atoms with Gasteiger partial charge in [-0.3, -0.25) is 0 Å². The molecular weight excluding hydrogens is 277 g/mol. The van der Waals surface area contributed by atoms with E-state index in [-0.39, 0.29) is 11.2 Å². The second-order valence-electron chi connectivity index (χ2n) is 5.98. The van der Waals surface area contributed by atoms with Crippen molar-refractivity contribution in [3.63, 3.8) is 0 Å². The Morgan fingerprint density at radius 1 is 1.35 bits per heavy atom. The molecule has 0 heterocycles. The minimum Gasteiger partial charge on any atom is -0.381 e. The number of anilines is 1. The zero-order valence-corrected chi connectivity index (χ0v) is 12.5. The first-order chi connectivity index (χ1) is 9.64. The lowest BCUT2D eigenvalue weighted by Gasteiger charge is -2.54. The number of ether oxygens (including phenoxy) is 1. The summed E-state index contributed by atoms with van der Waals surface area (Å²) < 4.78 is 19.3. The lowest BCUT2D eigenvalue weighted by molar-refractivity contribution is -0.114. The smallest absolute Gasteiger partial charge is 0.126 e. The Hall–Kier alpha value is -0.800. The van der Waals surface area contributed by atoms with E-state index in [1.807, 2.05) is 0 Å². The molecule has 2 nitrogen and oxygen atoms in total. The lowest BCUT2D eigenvalue weighted by Crippen LogP contribution is -2.60. The largest absolute Gasteiger partial charge is 0.381 e. The van der Waals surface area contributed by atoms with Crippen LogP contribution in [0.2, 0.25) is 5.02 Å². The van der Waals surface area contributed by atoms with Gasteiger partial charge in [0.15, 0.2) is 0 Å². The molecule has 0 bridgehead atoms. The van der Waals surface area contributed by atoms with E-state index in [4.69, 9.17) is 16.3 Å². The molecule has 4 heteroatoms.